The first-order valence-electron chi connectivity index (χ1n) is 7.07. The molecule has 0 spiro atoms. The normalized spacial score (nSPS) is 22.6. The van der Waals surface area contributed by atoms with Gasteiger partial charge in [-0.05, 0) is 11.8 Å². The zero-order valence-corrected chi connectivity index (χ0v) is 14.6. The molecule has 1 unspecified atom stereocenters. The Morgan fingerprint density at radius 2 is 1.41 bits per heavy atom. The van der Waals surface area contributed by atoms with Crippen LogP contribution in [0.4, 0.5) is 0 Å². The second-order valence-electron chi connectivity index (χ2n) is 5.17. The van der Waals surface area contributed by atoms with E-state index in [1.165, 1.54) is 0 Å². The minimum atomic E-state index is -2.12. The smallest absolute Gasteiger partial charge is 0.170 e. The second kappa shape index (κ2) is 5.84. The fourth-order valence-electron chi connectivity index (χ4n) is 2.56. The molecular weight excluding hydrogens is 311 g/mol. The van der Waals surface area contributed by atoms with Crippen molar-refractivity contribution in [1.82, 2.24) is 14.6 Å². The summed E-state index contributed by atoms with van der Waals surface area (Å²) in [5.41, 5.74) is 1.08. The highest BCUT2D eigenvalue weighted by Gasteiger charge is 2.37. The number of benzene rings is 2. The minimum absolute atomic E-state index is 0.905. The first-order chi connectivity index (χ1) is 10.5. The van der Waals surface area contributed by atoms with Gasteiger partial charge in [-0.25, -0.2) is 0 Å². The lowest BCUT2D eigenvalue weighted by Gasteiger charge is -2.47. The summed E-state index contributed by atoms with van der Waals surface area (Å²) in [5, 5.41) is 7.99. The molecule has 4 nitrogen and oxygen atoms in total. The van der Waals surface area contributed by atoms with Crippen LogP contribution in [0.2, 0.25) is 0 Å². The van der Waals surface area contributed by atoms with Gasteiger partial charge >= 0.3 is 0 Å². The fraction of sp³-hybridized carbons (Fsp3) is 0.188. The highest BCUT2D eigenvalue weighted by Crippen LogP contribution is 2.53. The predicted molar refractivity (Wildman–Crippen MR) is 96.6 cm³/mol. The molecule has 0 saturated heterocycles. The molecule has 114 valence electrons. The lowest BCUT2D eigenvalue weighted by molar-refractivity contribution is 0.206. The second-order valence-corrected chi connectivity index (χ2v) is 9.46. The third-order valence-electron chi connectivity index (χ3n) is 3.89. The van der Waals surface area contributed by atoms with E-state index in [9.17, 15) is 0 Å². The van der Waals surface area contributed by atoms with Gasteiger partial charge in [0.15, 0.2) is 12.2 Å². The molecule has 1 heterocycles. The number of hydrazine groups is 1. The molecule has 1 atom stereocenters. The van der Waals surface area contributed by atoms with Crippen molar-refractivity contribution in [3.05, 3.63) is 66.2 Å². The summed E-state index contributed by atoms with van der Waals surface area (Å²) in [6.45, 7) is 0. The maximum atomic E-state index is 6.06. The Morgan fingerprint density at radius 1 is 0.864 bits per heavy atom. The van der Waals surface area contributed by atoms with Gasteiger partial charge in [-0.2, -0.15) is 9.88 Å². The molecule has 3 rings (SSSR count). The van der Waals surface area contributed by atoms with Gasteiger partial charge < -0.3 is 0 Å². The Labute approximate surface area is 136 Å². The summed E-state index contributed by atoms with van der Waals surface area (Å²) >= 11 is 6.06. The third kappa shape index (κ3) is 2.35. The molecule has 22 heavy (non-hydrogen) atoms. The van der Waals surface area contributed by atoms with Crippen LogP contribution in [0.1, 0.15) is 5.56 Å². The maximum absolute atomic E-state index is 6.06. The first kappa shape index (κ1) is 15.2. The molecule has 2 aromatic carbocycles. The van der Waals surface area contributed by atoms with Gasteiger partial charge in [0.05, 0.1) is 0 Å². The summed E-state index contributed by atoms with van der Waals surface area (Å²) in [6, 6.07) is 20.4. The van der Waals surface area contributed by atoms with Crippen molar-refractivity contribution in [2.24, 2.45) is 5.10 Å². The largest absolute Gasteiger partial charge is 0.285 e. The van der Waals surface area contributed by atoms with Crippen LogP contribution in [-0.4, -0.2) is 41.5 Å². The van der Waals surface area contributed by atoms with Crippen LogP contribution >= 0.6 is 6.34 Å². The van der Waals surface area contributed by atoms with Crippen LogP contribution in [0.25, 0.3) is 0 Å². The number of hydrogen-bond acceptors (Lipinski definition) is 3. The standard InChI is InChI=1S/C16H19N4PS/c1-18-16(14-10-6-4-7-11-14)17-19(2)21(22,20(18)3)15-12-8-5-9-13-15/h4-13H,1-3H3. The number of nitrogens with zero attached hydrogens (tertiary/aromatic N) is 4. The lowest BCUT2D eigenvalue weighted by Crippen LogP contribution is -2.48. The number of hydrazone groups is 1. The molecule has 0 fully saturated rings. The van der Waals surface area contributed by atoms with Crippen molar-refractivity contribution in [2.75, 3.05) is 21.1 Å². The summed E-state index contributed by atoms with van der Waals surface area (Å²) in [7, 11) is 6.03. The van der Waals surface area contributed by atoms with Crippen LogP contribution in [0.15, 0.2) is 65.8 Å². The summed E-state index contributed by atoms with van der Waals surface area (Å²) < 4.78 is 4.10. The van der Waals surface area contributed by atoms with Crippen LogP contribution in [0.5, 0.6) is 0 Å². The average Bonchev–Trinajstić information content (AvgIpc) is 2.58. The van der Waals surface area contributed by atoms with Crippen molar-refractivity contribution < 1.29 is 0 Å². The van der Waals surface area contributed by atoms with Gasteiger partial charge in [0.2, 0.25) is 0 Å². The summed E-state index contributed by atoms with van der Waals surface area (Å²) in [6.07, 6.45) is -2.12. The molecule has 1 aliphatic heterocycles. The molecule has 0 amide bonds. The van der Waals surface area contributed by atoms with Crippen molar-refractivity contribution in [2.45, 2.75) is 0 Å². The Morgan fingerprint density at radius 3 is 2.00 bits per heavy atom. The van der Waals surface area contributed by atoms with Crippen molar-refractivity contribution in [1.29, 1.82) is 0 Å². The molecule has 2 aromatic rings. The van der Waals surface area contributed by atoms with Crippen molar-refractivity contribution >= 4 is 29.3 Å². The monoisotopic (exact) mass is 330 g/mol. The molecule has 6 heteroatoms. The van der Waals surface area contributed by atoms with Crippen LogP contribution in [0, 0.1) is 0 Å². The molecular formula is C16H19N4PS. The van der Waals surface area contributed by atoms with Gasteiger partial charge in [-0.15, -0.1) is 0 Å². The van der Waals surface area contributed by atoms with E-state index < -0.39 is 6.34 Å². The maximum Gasteiger partial charge on any atom is 0.170 e. The van der Waals surface area contributed by atoms with E-state index in [0.717, 1.165) is 16.7 Å². The van der Waals surface area contributed by atoms with Crippen LogP contribution in [0.3, 0.4) is 0 Å². The van der Waals surface area contributed by atoms with E-state index in [1.54, 1.807) is 0 Å². The topological polar surface area (TPSA) is 22.1 Å². The van der Waals surface area contributed by atoms with Crippen molar-refractivity contribution in [3.8, 4) is 0 Å². The van der Waals surface area contributed by atoms with E-state index in [-0.39, 0.29) is 0 Å². The fourth-order valence-corrected chi connectivity index (χ4v) is 5.62. The zero-order chi connectivity index (χ0) is 15.7. The Hall–Kier alpha value is -1.68. The van der Waals surface area contributed by atoms with Crippen LogP contribution in [-0.2, 0) is 11.8 Å². The average molecular weight is 330 g/mol. The lowest BCUT2D eigenvalue weighted by atomic mass is 10.2. The molecule has 0 saturated carbocycles. The zero-order valence-electron chi connectivity index (χ0n) is 12.9. The number of amidine groups is 1. The Balaban J connectivity index is 2.09. The molecule has 1 aliphatic rings. The number of hydrogen-bond donors (Lipinski definition) is 0. The van der Waals surface area contributed by atoms with Gasteiger partial charge in [0, 0.05) is 32.0 Å². The van der Waals surface area contributed by atoms with Gasteiger partial charge in [0.1, 0.15) is 0 Å². The molecule has 0 bridgehead atoms. The minimum Gasteiger partial charge on any atom is -0.285 e. The first-order valence-corrected chi connectivity index (χ1v) is 9.77. The van der Waals surface area contributed by atoms with Gasteiger partial charge in [0.25, 0.3) is 0 Å². The summed E-state index contributed by atoms with van der Waals surface area (Å²) in [4.78, 5) is 0. The number of rotatable bonds is 2. The quantitative estimate of drug-likeness (QED) is 0.790. The van der Waals surface area contributed by atoms with E-state index >= 15 is 0 Å². The van der Waals surface area contributed by atoms with E-state index in [2.05, 4.69) is 34.1 Å². The Kier molecular flexibility index (Phi) is 4.04. The highest BCUT2D eigenvalue weighted by molar-refractivity contribution is 8.15. The summed E-state index contributed by atoms with van der Waals surface area (Å²) in [5.74, 6) is 0.905. The van der Waals surface area contributed by atoms with Gasteiger partial charge in [-0.3, -0.25) is 9.79 Å². The third-order valence-corrected chi connectivity index (χ3v) is 8.84. The van der Waals surface area contributed by atoms with Crippen LogP contribution < -0.4 is 5.30 Å². The molecule has 0 N–H and O–H groups in total. The van der Waals surface area contributed by atoms with E-state index in [4.69, 9.17) is 16.9 Å². The molecule has 0 radical (unpaired) electrons. The molecule has 0 aliphatic carbocycles. The molecule has 0 aromatic heterocycles. The predicted octanol–water partition coefficient (Wildman–Crippen LogP) is 2.71. The van der Waals surface area contributed by atoms with E-state index in [0.29, 0.717) is 0 Å². The highest BCUT2D eigenvalue weighted by atomic mass is 32.4. The van der Waals surface area contributed by atoms with Crippen molar-refractivity contribution in [3.63, 3.8) is 0 Å². The SMILES string of the molecule is CN1C(c2ccccc2)=NN(C)P(=S)(c2ccccc2)N1C. The Bertz CT molecular complexity index is 732. The van der Waals surface area contributed by atoms with Gasteiger partial charge in [-0.1, -0.05) is 60.7 Å². The van der Waals surface area contributed by atoms with E-state index in [1.807, 2.05) is 62.3 Å².